The number of ether oxygens (including phenoxy) is 1. The summed E-state index contributed by atoms with van der Waals surface area (Å²) in [4.78, 5) is 22.8. The van der Waals surface area contributed by atoms with Crippen LogP contribution in [0.1, 0.15) is 16.8 Å². The molecule has 21 heavy (non-hydrogen) atoms. The molecule has 0 spiro atoms. The fourth-order valence-corrected chi connectivity index (χ4v) is 2.25. The molecule has 1 atom stereocenters. The van der Waals surface area contributed by atoms with Crippen molar-refractivity contribution in [2.24, 2.45) is 0 Å². The third-order valence-electron chi connectivity index (χ3n) is 2.76. The molecule has 0 aliphatic carbocycles. The molecule has 0 bridgehead atoms. The average molecular weight is 314 g/mol. The van der Waals surface area contributed by atoms with Gasteiger partial charge >= 0.3 is 0 Å². The molecule has 1 aromatic carbocycles. The predicted molar refractivity (Wildman–Crippen MR) is 79.7 cm³/mol. The first-order valence-electron chi connectivity index (χ1n) is 6.27. The zero-order valence-electron chi connectivity index (χ0n) is 11.9. The van der Waals surface area contributed by atoms with Gasteiger partial charge in [0.25, 0.3) is 11.6 Å². The van der Waals surface area contributed by atoms with Gasteiger partial charge in [0.15, 0.2) is 0 Å². The van der Waals surface area contributed by atoms with Crippen LogP contribution in [0.25, 0.3) is 0 Å². The molecule has 116 valence electrons. The Morgan fingerprint density at radius 1 is 1.57 bits per heavy atom. The SMILES string of the molecule is COCC(O)CCNC(=O)c1ccc(SC)c([N+](=O)[O-])c1. The van der Waals surface area contributed by atoms with Crippen molar-refractivity contribution in [3.05, 3.63) is 33.9 Å². The van der Waals surface area contributed by atoms with E-state index in [9.17, 15) is 20.0 Å². The van der Waals surface area contributed by atoms with Gasteiger partial charge in [0.1, 0.15) is 0 Å². The Kier molecular flexibility index (Phi) is 7.13. The number of carbonyl (C=O) groups is 1. The van der Waals surface area contributed by atoms with E-state index in [1.165, 1.54) is 24.9 Å². The number of nitrogens with zero attached hydrogens (tertiary/aromatic N) is 1. The highest BCUT2D eigenvalue weighted by Gasteiger charge is 2.17. The molecular weight excluding hydrogens is 296 g/mol. The molecule has 2 N–H and O–H groups in total. The molecule has 7 nitrogen and oxygen atoms in total. The second-order valence-corrected chi connectivity index (χ2v) is 5.15. The molecule has 0 aliphatic rings. The number of aliphatic hydroxyl groups excluding tert-OH is 1. The van der Waals surface area contributed by atoms with Crippen LogP contribution in [-0.2, 0) is 4.74 Å². The molecule has 0 fully saturated rings. The summed E-state index contributed by atoms with van der Waals surface area (Å²) in [5.74, 6) is -0.407. The molecule has 0 aromatic heterocycles. The first-order chi connectivity index (χ1) is 9.99. The van der Waals surface area contributed by atoms with Gasteiger partial charge in [0.2, 0.25) is 0 Å². The first kappa shape index (κ1) is 17.4. The lowest BCUT2D eigenvalue weighted by atomic mass is 10.2. The summed E-state index contributed by atoms with van der Waals surface area (Å²) >= 11 is 1.25. The molecular formula is C13H18N2O5S. The van der Waals surface area contributed by atoms with Crippen LogP contribution in [0, 0.1) is 10.1 Å². The van der Waals surface area contributed by atoms with Gasteiger partial charge in [0, 0.05) is 25.3 Å². The van der Waals surface area contributed by atoms with E-state index in [2.05, 4.69) is 5.32 Å². The highest BCUT2D eigenvalue weighted by atomic mass is 32.2. The molecule has 1 amide bonds. The van der Waals surface area contributed by atoms with E-state index < -0.39 is 16.9 Å². The van der Waals surface area contributed by atoms with Gasteiger partial charge in [-0.05, 0) is 24.8 Å². The molecule has 1 aromatic rings. The van der Waals surface area contributed by atoms with Crippen LogP contribution < -0.4 is 5.32 Å². The quantitative estimate of drug-likeness (QED) is 0.428. The van der Waals surface area contributed by atoms with Crippen molar-refractivity contribution in [3.63, 3.8) is 0 Å². The Morgan fingerprint density at radius 2 is 2.29 bits per heavy atom. The van der Waals surface area contributed by atoms with Crippen molar-refractivity contribution in [3.8, 4) is 0 Å². The van der Waals surface area contributed by atoms with Crippen LogP contribution in [0.2, 0.25) is 0 Å². The van der Waals surface area contributed by atoms with Crippen LogP contribution >= 0.6 is 11.8 Å². The van der Waals surface area contributed by atoms with Crippen LogP contribution in [0.15, 0.2) is 23.1 Å². The highest BCUT2D eigenvalue weighted by Crippen LogP contribution is 2.28. The minimum Gasteiger partial charge on any atom is -0.391 e. The average Bonchev–Trinajstić information content (AvgIpc) is 2.46. The maximum Gasteiger partial charge on any atom is 0.283 e. The van der Waals surface area contributed by atoms with Crippen molar-refractivity contribution in [2.45, 2.75) is 17.4 Å². The van der Waals surface area contributed by atoms with Crippen molar-refractivity contribution >= 4 is 23.4 Å². The number of nitro benzene ring substituents is 1. The fraction of sp³-hybridized carbons (Fsp3) is 0.462. The predicted octanol–water partition coefficient (Wildman–Crippen LogP) is 1.44. The maximum absolute atomic E-state index is 11.9. The number of nitrogens with one attached hydrogen (secondary N) is 1. The molecule has 8 heteroatoms. The van der Waals surface area contributed by atoms with E-state index in [0.29, 0.717) is 11.3 Å². The van der Waals surface area contributed by atoms with Crippen molar-refractivity contribution in [1.29, 1.82) is 0 Å². The van der Waals surface area contributed by atoms with Crippen molar-refractivity contribution in [1.82, 2.24) is 5.32 Å². The van der Waals surface area contributed by atoms with Crippen LogP contribution in [-0.4, -0.2) is 48.6 Å². The lowest BCUT2D eigenvalue weighted by Crippen LogP contribution is -2.28. The normalized spacial score (nSPS) is 12.0. The summed E-state index contributed by atoms with van der Waals surface area (Å²) in [6, 6.07) is 4.35. The van der Waals surface area contributed by atoms with Gasteiger partial charge in [-0.1, -0.05) is 0 Å². The molecule has 0 heterocycles. The summed E-state index contributed by atoms with van der Waals surface area (Å²) in [5.41, 5.74) is 0.135. The number of aliphatic hydroxyl groups is 1. The first-order valence-corrected chi connectivity index (χ1v) is 7.49. The van der Waals surface area contributed by atoms with Crippen LogP contribution in [0.5, 0.6) is 0 Å². The Labute approximate surface area is 126 Å². The smallest absolute Gasteiger partial charge is 0.283 e. The van der Waals surface area contributed by atoms with Gasteiger partial charge in [-0.3, -0.25) is 14.9 Å². The van der Waals surface area contributed by atoms with Crippen molar-refractivity contribution in [2.75, 3.05) is 26.5 Å². The largest absolute Gasteiger partial charge is 0.391 e. The van der Waals surface area contributed by atoms with Gasteiger partial charge in [-0.15, -0.1) is 11.8 Å². The zero-order chi connectivity index (χ0) is 15.8. The number of hydrogen-bond donors (Lipinski definition) is 2. The number of thioether (sulfide) groups is 1. The maximum atomic E-state index is 11.9. The Morgan fingerprint density at radius 3 is 2.86 bits per heavy atom. The van der Waals surface area contributed by atoms with Gasteiger partial charge in [-0.2, -0.15) is 0 Å². The summed E-state index contributed by atoms with van der Waals surface area (Å²) in [7, 11) is 1.48. The van der Waals surface area contributed by atoms with Gasteiger partial charge in [0.05, 0.1) is 22.5 Å². The van der Waals surface area contributed by atoms with Crippen molar-refractivity contribution < 1.29 is 19.6 Å². The summed E-state index contributed by atoms with van der Waals surface area (Å²) in [5, 5.41) is 23.0. The molecule has 1 rings (SSSR count). The van der Waals surface area contributed by atoms with E-state index in [4.69, 9.17) is 4.74 Å². The number of rotatable bonds is 8. The zero-order valence-corrected chi connectivity index (χ0v) is 12.7. The van der Waals surface area contributed by atoms with E-state index in [1.807, 2.05) is 0 Å². The lowest BCUT2D eigenvalue weighted by Gasteiger charge is -2.10. The minimum atomic E-state index is -0.650. The summed E-state index contributed by atoms with van der Waals surface area (Å²) < 4.78 is 4.77. The summed E-state index contributed by atoms with van der Waals surface area (Å²) in [6.45, 7) is 0.463. The van der Waals surface area contributed by atoms with E-state index in [0.717, 1.165) is 0 Å². The summed E-state index contributed by atoms with van der Waals surface area (Å²) in [6.07, 6.45) is 1.44. The molecule has 0 saturated heterocycles. The number of hydrogen-bond acceptors (Lipinski definition) is 6. The third-order valence-corrected chi connectivity index (χ3v) is 3.54. The molecule has 0 aliphatic heterocycles. The monoisotopic (exact) mass is 314 g/mol. The lowest BCUT2D eigenvalue weighted by molar-refractivity contribution is -0.387. The molecule has 1 unspecified atom stereocenters. The van der Waals surface area contributed by atoms with E-state index >= 15 is 0 Å². The second kappa shape index (κ2) is 8.60. The van der Waals surface area contributed by atoms with Gasteiger partial charge < -0.3 is 15.2 Å². The molecule has 0 saturated carbocycles. The minimum absolute atomic E-state index is 0.0884. The van der Waals surface area contributed by atoms with Gasteiger partial charge in [-0.25, -0.2) is 0 Å². The number of amides is 1. The standard InChI is InChI=1S/C13H18N2O5S/c1-20-8-10(16)5-6-14-13(17)9-3-4-12(21-2)11(7-9)15(18)19/h3-4,7,10,16H,5-6,8H2,1-2H3,(H,14,17). The number of benzene rings is 1. The Hall–Kier alpha value is -1.64. The number of carbonyl (C=O) groups excluding carboxylic acids is 1. The number of methoxy groups -OCH3 is 1. The van der Waals surface area contributed by atoms with Crippen LogP contribution in [0.4, 0.5) is 5.69 Å². The molecule has 0 radical (unpaired) electrons. The Bertz CT molecular complexity index is 509. The van der Waals surface area contributed by atoms with E-state index in [1.54, 1.807) is 18.4 Å². The third kappa shape index (κ3) is 5.33. The van der Waals surface area contributed by atoms with E-state index in [-0.39, 0.29) is 24.4 Å². The second-order valence-electron chi connectivity index (χ2n) is 4.30. The highest BCUT2D eigenvalue weighted by molar-refractivity contribution is 7.98. The van der Waals surface area contributed by atoms with Crippen LogP contribution in [0.3, 0.4) is 0 Å². The topological polar surface area (TPSA) is 102 Å². The number of nitro groups is 1. The Balaban J connectivity index is 2.66. The fourth-order valence-electron chi connectivity index (χ4n) is 1.70.